The van der Waals surface area contributed by atoms with Gasteiger partial charge in [-0.2, -0.15) is 0 Å². The lowest BCUT2D eigenvalue weighted by molar-refractivity contribution is -0.136. The molecule has 142 valence electrons. The highest BCUT2D eigenvalue weighted by Crippen LogP contribution is 2.36. The Kier molecular flexibility index (Phi) is 5.47. The van der Waals surface area contributed by atoms with Crippen LogP contribution in [0.3, 0.4) is 0 Å². The molecule has 3 nitrogen and oxygen atoms in total. The van der Waals surface area contributed by atoms with Crippen LogP contribution in [0.1, 0.15) is 30.5 Å². The van der Waals surface area contributed by atoms with Crippen LogP contribution in [-0.2, 0) is 11.2 Å². The van der Waals surface area contributed by atoms with E-state index in [-0.39, 0.29) is 6.42 Å². The zero-order valence-electron chi connectivity index (χ0n) is 16.1. The van der Waals surface area contributed by atoms with E-state index in [1.54, 1.807) is 0 Å². The summed E-state index contributed by atoms with van der Waals surface area (Å²) >= 11 is 6.06. The van der Waals surface area contributed by atoms with Crippen molar-refractivity contribution < 1.29 is 9.90 Å². The van der Waals surface area contributed by atoms with Crippen LogP contribution >= 0.6 is 11.6 Å². The van der Waals surface area contributed by atoms with Crippen molar-refractivity contribution in [2.75, 3.05) is 0 Å². The predicted molar refractivity (Wildman–Crippen MR) is 116 cm³/mol. The summed E-state index contributed by atoms with van der Waals surface area (Å²) in [7, 11) is 0. The molecule has 0 unspecified atom stereocenters. The monoisotopic (exact) mass is 391 g/mol. The molecule has 0 aromatic heterocycles. The van der Waals surface area contributed by atoms with Crippen molar-refractivity contribution in [2.24, 2.45) is 5.73 Å². The maximum absolute atomic E-state index is 11.5. The quantitative estimate of drug-likeness (QED) is 0.604. The third kappa shape index (κ3) is 4.54. The zero-order valence-corrected chi connectivity index (χ0v) is 16.9. The van der Waals surface area contributed by atoms with Gasteiger partial charge >= 0.3 is 5.97 Å². The van der Waals surface area contributed by atoms with E-state index in [4.69, 9.17) is 17.3 Å². The molecule has 0 aliphatic heterocycles. The minimum Gasteiger partial charge on any atom is -0.481 e. The van der Waals surface area contributed by atoms with Gasteiger partial charge in [-0.1, -0.05) is 47.7 Å². The number of carboxylic acid groups (broad SMARTS) is 1. The van der Waals surface area contributed by atoms with Gasteiger partial charge in [0.15, 0.2) is 0 Å². The first kappa shape index (κ1) is 19.9. The van der Waals surface area contributed by atoms with Gasteiger partial charge in [0, 0.05) is 10.6 Å². The van der Waals surface area contributed by atoms with Crippen LogP contribution in [0.5, 0.6) is 0 Å². The molecule has 0 saturated heterocycles. The van der Waals surface area contributed by atoms with Crippen LogP contribution in [0.4, 0.5) is 0 Å². The molecule has 0 saturated carbocycles. The molecule has 0 bridgehead atoms. The number of rotatable bonds is 3. The van der Waals surface area contributed by atoms with Crippen LogP contribution < -0.4 is 5.73 Å². The Morgan fingerprint density at radius 2 is 1.82 bits per heavy atom. The first-order chi connectivity index (χ1) is 13.1. The van der Waals surface area contributed by atoms with Crippen molar-refractivity contribution in [1.82, 2.24) is 0 Å². The standard InChI is InChI=1S/C24H22ClNO2/c1-15-12-18-5-4-16(10-11-24(2,3)26)13-21(18)23(20(15)14-22(27)28)17-6-8-19(25)9-7-17/h4-9,12-13H,14,26H2,1-3H3,(H,27,28). The number of nitrogens with two attached hydrogens (primary N) is 1. The van der Waals surface area contributed by atoms with E-state index in [1.807, 2.05) is 69.3 Å². The predicted octanol–water partition coefficient (Wildman–Crippen LogP) is 5.18. The molecule has 3 aromatic rings. The summed E-state index contributed by atoms with van der Waals surface area (Å²) in [4.78, 5) is 11.5. The second-order valence-electron chi connectivity index (χ2n) is 7.53. The second kappa shape index (κ2) is 7.67. The van der Waals surface area contributed by atoms with Crippen molar-refractivity contribution in [3.05, 3.63) is 70.2 Å². The van der Waals surface area contributed by atoms with Crippen molar-refractivity contribution >= 4 is 28.3 Å². The third-order valence-electron chi connectivity index (χ3n) is 4.46. The van der Waals surface area contributed by atoms with Gasteiger partial charge in [0.2, 0.25) is 0 Å². The molecule has 0 aliphatic carbocycles. The molecule has 28 heavy (non-hydrogen) atoms. The number of carboxylic acids is 1. The summed E-state index contributed by atoms with van der Waals surface area (Å²) < 4.78 is 0. The number of halogens is 1. The molecule has 0 radical (unpaired) electrons. The lowest BCUT2D eigenvalue weighted by Gasteiger charge is -2.16. The number of benzene rings is 3. The van der Waals surface area contributed by atoms with E-state index >= 15 is 0 Å². The van der Waals surface area contributed by atoms with Gasteiger partial charge < -0.3 is 10.8 Å². The highest BCUT2D eigenvalue weighted by molar-refractivity contribution is 6.30. The Hall–Kier alpha value is -2.80. The van der Waals surface area contributed by atoms with Gasteiger partial charge in [0.1, 0.15) is 0 Å². The topological polar surface area (TPSA) is 63.3 Å². The zero-order chi connectivity index (χ0) is 20.5. The molecule has 0 heterocycles. The average Bonchev–Trinajstić information content (AvgIpc) is 2.61. The largest absolute Gasteiger partial charge is 0.481 e. The summed E-state index contributed by atoms with van der Waals surface area (Å²) in [6.07, 6.45) is -0.0501. The second-order valence-corrected chi connectivity index (χ2v) is 7.97. The van der Waals surface area contributed by atoms with E-state index in [0.717, 1.165) is 38.6 Å². The number of hydrogen-bond donors (Lipinski definition) is 2. The molecule has 0 aliphatic rings. The maximum Gasteiger partial charge on any atom is 0.307 e. The molecule has 0 fully saturated rings. The van der Waals surface area contributed by atoms with Gasteiger partial charge in [-0.25, -0.2) is 0 Å². The highest BCUT2D eigenvalue weighted by atomic mass is 35.5. The fraction of sp³-hybridized carbons (Fsp3) is 0.208. The SMILES string of the molecule is Cc1cc2ccc(C#CC(C)(C)N)cc2c(-c2ccc(Cl)cc2)c1CC(=O)O. The smallest absolute Gasteiger partial charge is 0.307 e. The average molecular weight is 392 g/mol. The van der Waals surface area contributed by atoms with E-state index < -0.39 is 11.5 Å². The van der Waals surface area contributed by atoms with Gasteiger partial charge in [-0.3, -0.25) is 4.79 Å². The summed E-state index contributed by atoms with van der Waals surface area (Å²) in [5.74, 6) is 5.31. The molecule has 0 amide bonds. The molecule has 0 atom stereocenters. The molecular formula is C24H22ClNO2. The Bertz CT molecular complexity index is 1110. The highest BCUT2D eigenvalue weighted by Gasteiger charge is 2.16. The fourth-order valence-electron chi connectivity index (χ4n) is 3.22. The number of carbonyl (C=O) groups is 1. The van der Waals surface area contributed by atoms with Gasteiger partial charge in [0.05, 0.1) is 12.0 Å². The molecule has 3 N–H and O–H groups in total. The van der Waals surface area contributed by atoms with Crippen molar-refractivity contribution in [2.45, 2.75) is 32.7 Å². The van der Waals surface area contributed by atoms with Crippen molar-refractivity contribution in [3.63, 3.8) is 0 Å². The minimum absolute atomic E-state index is 0.0501. The van der Waals surface area contributed by atoms with Crippen LogP contribution in [0, 0.1) is 18.8 Å². The lowest BCUT2D eigenvalue weighted by Crippen LogP contribution is -2.29. The first-order valence-corrected chi connectivity index (χ1v) is 9.38. The van der Waals surface area contributed by atoms with Crippen LogP contribution in [0.2, 0.25) is 5.02 Å². The number of aliphatic carboxylic acids is 1. The molecule has 3 aromatic carbocycles. The minimum atomic E-state index is -0.863. The van der Waals surface area contributed by atoms with E-state index in [1.165, 1.54) is 0 Å². The number of hydrogen-bond acceptors (Lipinski definition) is 2. The van der Waals surface area contributed by atoms with E-state index in [9.17, 15) is 9.90 Å². The van der Waals surface area contributed by atoms with Crippen LogP contribution in [0.25, 0.3) is 21.9 Å². The number of aryl methyl sites for hydroxylation is 1. The van der Waals surface area contributed by atoms with Gasteiger partial charge in [-0.15, -0.1) is 0 Å². The first-order valence-electron chi connectivity index (χ1n) is 9.00. The summed E-state index contributed by atoms with van der Waals surface area (Å²) in [6, 6.07) is 15.5. The molecule has 4 heteroatoms. The van der Waals surface area contributed by atoms with Crippen LogP contribution in [-0.4, -0.2) is 16.6 Å². The summed E-state index contributed by atoms with van der Waals surface area (Å²) in [5.41, 5.74) is 9.81. The molecule has 0 spiro atoms. The van der Waals surface area contributed by atoms with Crippen LogP contribution in [0.15, 0.2) is 48.5 Å². The lowest BCUT2D eigenvalue weighted by atomic mass is 9.88. The van der Waals surface area contributed by atoms with Gasteiger partial charge in [-0.05, 0) is 78.1 Å². The van der Waals surface area contributed by atoms with E-state index in [0.29, 0.717) is 5.02 Å². The summed E-state index contributed by atoms with van der Waals surface area (Å²) in [6.45, 7) is 5.66. The fourth-order valence-corrected chi connectivity index (χ4v) is 3.34. The Balaban J connectivity index is 2.33. The molecule has 3 rings (SSSR count). The maximum atomic E-state index is 11.5. The Morgan fingerprint density at radius 3 is 2.43 bits per heavy atom. The molecular weight excluding hydrogens is 370 g/mol. The Labute approximate surface area is 170 Å². The number of fused-ring (bicyclic) bond motifs is 1. The van der Waals surface area contributed by atoms with Crippen molar-refractivity contribution in [1.29, 1.82) is 0 Å². The van der Waals surface area contributed by atoms with E-state index in [2.05, 4.69) is 11.8 Å². The Morgan fingerprint density at radius 1 is 1.14 bits per heavy atom. The van der Waals surface area contributed by atoms with Crippen molar-refractivity contribution in [3.8, 4) is 23.0 Å². The van der Waals surface area contributed by atoms with Gasteiger partial charge in [0.25, 0.3) is 0 Å². The summed E-state index contributed by atoms with van der Waals surface area (Å²) in [5, 5.41) is 12.1. The normalized spacial score (nSPS) is 11.2. The third-order valence-corrected chi connectivity index (χ3v) is 4.71.